The quantitative estimate of drug-likeness (QED) is 0.455. The van der Waals surface area contributed by atoms with Crippen molar-refractivity contribution in [2.45, 2.75) is 19.8 Å². The Morgan fingerprint density at radius 3 is 2.74 bits per heavy atom. The van der Waals surface area contributed by atoms with Gasteiger partial charge in [-0.2, -0.15) is 5.10 Å². The maximum absolute atomic E-state index is 12.7. The van der Waals surface area contributed by atoms with E-state index in [0.29, 0.717) is 23.6 Å². The Labute approximate surface area is 183 Å². The van der Waals surface area contributed by atoms with Crippen LogP contribution in [0.2, 0.25) is 0 Å². The Balaban J connectivity index is 1.76. The summed E-state index contributed by atoms with van der Waals surface area (Å²) in [5, 5.41) is 10.6. The molecule has 7 heteroatoms. The highest BCUT2D eigenvalue weighted by atomic mass is 16.5. The van der Waals surface area contributed by atoms with Gasteiger partial charge in [0.15, 0.2) is 0 Å². The van der Waals surface area contributed by atoms with Gasteiger partial charge in [0, 0.05) is 36.6 Å². The lowest BCUT2D eigenvalue weighted by molar-refractivity contribution is 0.102. The molecule has 0 unspecified atom stereocenters. The summed E-state index contributed by atoms with van der Waals surface area (Å²) in [7, 11) is 3.46. The number of rotatable bonds is 11. The minimum atomic E-state index is -0.205. The van der Waals surface area contributed by atoms with Gasteiger partial charge in [-0.05, 0) is 55.4 Å². The fourth-order valence-corrected chi connectivity index (χ4v) is 3.20. The molecule has 0 radical (unpaired) electrons. The van der Waals surface area contributed by atoms with Crippen LogP contribution in [0.3, 0.4) is 0 Å². The number of hydrogen-bond donors (Lipinski definition) is 2. The summed E-state index contributed by atoms with van der Waals surface area (Å²) in [4.78, 5) is 12.7. The van der Waals surface area contributed by atoms with E-state index >= 15 is 0 Å². The summed E-state index contributed by atoms with van der Waals surface area (Å²) in [5.74, 6) is 1.18. The molecule has 7 nitrogen and oxygen atoms in total. The number of aromatic nitrogens is 2. The third-order valence-corrected chi connectivity index (χ3v) is 4.91. The van der Waals surface area contributed by atoms with Crippen molar-refractivity contribution in [1.29, 1.82) is 0 Å². The summed E-state index contributed by atoms with van der Waals surface area (Å²) in [5.41, 5.74) is 2.99. The molecule has 0 fully saturated rings. The fourth-order valence-electron chi connectivity index (χ4n) is 3.20. The van der Waals surface area contributed by atoms with Crippen LogP contribution < -0.4 is 20.1 Å². The number of nitrogens with one attached hydrogen (secondary N) is 2. The number of ether oxygens (including phenoxy) is 2. The van der Waals surface area contributed by atoms with Gasteiger partial charge in [0.2, 0.25) is 0 Å². The highest BCUT2D eigenvalue weighted by Gasteiger charge is 2.14. The Kier molecular flexibility index (Phi) is 8.06. The van der Waals surface area contributed by atoms with Crippen molar-refractivity contribution in [2.75, 3.05) is 32.1 Å². The van der Waals surface area contributed by atoms with Gasteiger partial charge >= 0.3 is 0 Å². The minimum Gasteiger partial charge on any atom is -0.497 e. The lowest BCUT2D eigenvalue weighted by atomic mass is 10.1. The summed E-state index contributed by atoms with van der Waals surface area (Å²) in [6, 6.07) is 14.6. The largest absolute Gasteiger partial charge is 0.497 e. The van der Waals surface area contributed by atoms with Crippen molar-refractivity contribution in [1.82, 2.24) is 15.1 Å². The molecule has 3 rings (SSSR count). The van der Waals surface area contributed by atoms with Gasteiger partial charge in [-0.15, -0.1) is 0 Å². The molecule has 0 saturated heterocycles. The number of anilines is 1. The van der Waals surface area contributed by atoms with Crippen LogP contribution >= 0.6 is 0 Å². The lowest BCUT2D eigenvalue weighted by Crippen LogP contribution is -2.22. The second-order valence-corrected chi connectivity index (χ2v) is 7.19. The first-order chi connectivity index (χ1) is 15.1. The third-order valence-electron chi connectivity index (χ3n) is 4.91. The van der Waals surface area contributed by atoms with Crippen LogP contribution in [-0.2, 0) is 7.05 Å². The average molecular weight is 423 g/mol. The standard InChI is InChI=1S/C24H30N4O3/c1-4-5-12-25-14-15-31-23-10-9-19(17-21(23)22-11-13-26-28(22)2)27-24(29)18-7-6-8-20(16-18)30-3/h6-11,13,16-17,25H,4-5,12,14-15H2,1-3H3,(H,27,29). The van der Waals surface area contributed by atoms with Crippen LogP contribution in [0, 0.1) is 0 Å². The van der Waals surface area contributed by atoms with E-state index < -0.39 is 0 Å². The van der Waals surface area contributed by atoms with Gasteiger partial charge in [-0.1, -0.05) is 19.4 Å². The van der Waals surface area contributed by atoms with Gasteiger partial charge in [0.25, 0.3) is 5.91 Å². The Morgan fingerprint density at radius 1 is 1.13 bits per heavy atom. The van der Waals surface area contributed by atoms with E-state index in [0.717, 1.165) is 36.5 Å². The maximum Gasteiger partial charge on any atom is 0.255 e. The van der Waals surface area contributed by atoms with Crippen LogP contribution in [-0.4, -0.2) is 42.5 Å². The van der Waals surface area contributed by atoms with Gasteiger partial charge < -0.3 is 20.1 Å². The SMILES string of the molecule is CCCCNCCOc1ccc(NC(=O)c2cccc(OC)c2)cc1-c1ccnn1C. The van der Waals surface area contributed by atoms with Crippen molar-refractivity contribution in [3.8, 4) is 22.8 Å². The molecule has 31 heavy (non-hydrogen) atoms. The summed E-state index contributed by atoms with van der Waals surface area (Å²) < 4.78 is 13.0. The van der Waals surface area contributed by atoms with Gasteiger partial charge in [0.1, 0.15) is 18.1 Å². The molecule has 0 saturated carbocycles. The van der Waals surface area contributed by atoms with Crippen LogP contribution in [0.15, 0.2) is 54.7 Å². The molecular formula is C24H30N4O3. The first-order valence-electron chi connectivity index (χ1n) is 10.5. The highest BCUT2D eigenvalue weighted by Crippen LogP contribution is 2.32. The van der Waals surface area contributed by atoms with E-state index in [-0.39, 0.29) is 5.91 Å². The molecule has 0 bridgehead atoms. The van der Waals surface area contributed by atoms with E-state index in [2.05, 4.69) is 22.7 Å². The molecule has 1 aromatic heterocycles. The topological polar surface area (TPSA) is 77.4 Å². The second-order valence-electron chi connectivity index (χ2n) is 7.19. The van der Waals surface area contributed by atoms with Crippen LogP contribution in [0.5, 0.6) is 11.5 Å². The molecule has 0 aliphatic rings. The lowest BCUT2D eigenvalue weighted by Gasteiger charge is -2.15. The highest BCUT2D eigenvalue weighted by molar-refractivity contribution is 6.04. The van der Waals surface area contributed by atoms with E-state index in [9.17, 15) is 4.79 Å². The zero-order valence-electron chi connectivity index (χ0n) is 18.4. The normalized spacial score (nSPS) is 10.7. The van der Waals surface area contributed by atoms with E-state index in [1.165, 1.54) is 6.42 Å². The number of benzene rings is 2. The van der Waals surface area contributed by atoms with Crippen molar-refractivity contribution >= 4 is 11.6 Å². The van der Waals surface area contributed by atoms with E-state index in [1.807, 2.05) is 31.3 Å². The molecule has 0 aliphatic carbocycles. The number of carbonyl (C=O) groups is 1. The number of aryl methyl sites for hydroxylation is 1. The monoisotopic (exact) mass is 422 g/mol. The molecule has 2 N–H and O–H groups in total. The fraction of sp³-hybridized carbons (Fsp3) is 0.333. The van der Waals surface area contributed by atoms with Gasteiger partial charge in [-0.3, -0.25) is 9.48 Å². The molecule has 2 aromatic carbocycles. The molecule has 1 amide bonds. The first kappa shape index (κ1) is 22.4. The number of amides is 1. The summed E-state index contributed by atoms with van der Waals surface area (Å²) in [6.07, 6.45) is 4.07. The number of nitrogens with zero attached hydrogens (tertiary/aromatic N) is 2. The van der Waals surface area contributed by atoms with Crippen LogP contribution in [0.4, 0.5) is 5.69 Å². The van der Waals surface area contributed by atoms with Crippen LogP contribution in [0.25, 0.3) is 11.3 Å². The van der Waals surface area contributed by atoms with Crippen molar-refractivity contribution in [2.24, 2.45) is 7.05 Å². The van der Waals surface area contributed by atoms with E-state index in [1.54, 1.807) is 42.3 Å². The van der Waals surface area contributed by atoms with Crippen molar-refractivity contribution in [3.63, 3.8) is 0 Å². The molecule has 0 spiro atoms. The molecular weight excluding hydrogens is 392 g/mol. The Morgan fingerprint density at radius 2 is 2.00 bits per heavy atom. The second kappa shape index (κ2) is 11.2. The molecule has 0 atom stereocenters. The predicted octanol–water partition coefficient (Wildman–Crippen LogP) is 4.12. The van der Waals surface area contributed by atoms with E-state index in [4.69, 9.17) is 9.47 Å². The Hall–Kier alpha value is -3.32. The third kappa shape index (κ3) is 6.08. The number of unbranched alkanes of at least 4 members (excludes halogenated alkanes) is 1. The smallest absolute Gasteiger partial charge is 0.255 e. The number of methoxy groups -OCH3 is 1. The Bertz CT molecular complexity index is 1000. The summed E-state index contributed by atoms with van der Waals surface area (Å²) in [6.45, 7) is 4.50. The number of carbonyl (C=O) groups excluding carboxylic acids is 1. The predicted molar refractivity (Wildman–Crippen MR) is 123 cm³/mol. The maximum atomic E-state index is 12.7. The molecule has 0 aliphatic heterocycles. The van der Waals surface area contributed by atoms with Gasteiger partial charge in [-0.25, -0.2) is 0 Å². The first-order valence-corrected chi connectivity index (χ1v) is 10.5. The van der Waals surface area contributed by atoms with Gasteiger partial charge in [0.05, 0.1) is 12.8 Å². The molecule has 3 aromatic rings. The summed E-state index contributed by atoms with van der Waals surface area (Å²) >= 11 is 0. The van der Waals surface area contributed by atoms with Crippen LogP contribution in [0.1, 0.15) is 30.1 Å². The van der Waals surface area contributed by atoms with Crippen molar-refractivity contribution < 1.29 is 14.3 Å². The number of hydrogen-bond acceptors (Lipinski definition) is 5. The minimum absolute atomic E-state index is 0.205. The zero-order chi connectivity index (χ0) is 22.1. The molecule has 164 valence electrons. The molecule has 1 heterocycles. The van der Waals surface area contributed by atoms with Crippen molar-refractivity contribution in [3.05, 3.63) is 60.3 Å². The average Bonchev–Trinajstić information content (AvgIpc) is 3.22. The zero-order valence-corrected chi connectivity index (χ0v) is 18.4.